The molecule has 0 saturated heterocycles. The Morgan fingerprint density at radius 3 is 2.38 bits per heavy atom. The standard InChI is InChI=1S/C32H31FN2O2/c1-20-8-10-23(11-9-20)32-28(17-30(36)37)21(2)34-22(3)31(32)25-12-13-26-18-35(15-14-24(26)16-25)19-27-6-4-5-7-29(27)33/h4-13,16H,14-15,17-19H2,1-3H3,(H,36,37). The van der Waals surface area contributed by atoms with Crippen molar-refractivity contribution in [1.82, 2.24) is 9.88 Å². The number of aromatic nitrogens is 1. The second kappa shape index (κ2) is 10.3. The SMILES string of the molecule is Cc1ccc(-c2c(CC(=O)O)c(C)nc(C)c2-c2ccc3c(c2)CCN(Cc2ccccc2F)C3)cc1. The summed E-state index contributed by atoms with van der Waals surface area (Å²) in [5.41, 5.74) is 10.8. The monoisotopic (exact) mass is 494 g/mol. The number of hydrogen-bond acceptors (Lipinski definition) is 3. The van der Waals surface area contributed by atoms with Gasteiger partial charge in [0.1, 0.15) is 5.82 Å². The molecule has 0 amide bonds. The Morgan fingerprint density at radius 1 is 0.919 bits per heavy atom. The lowest BCUT2D eigenvalue weighted by atomic mass is 9.86. The van der Waals surface area contributed by atoms with Crippen molar-refractivity contribution in [3.8, 4) is 22.3 Å². The van der Waals surface area contributed by atoms with E-state index < -0.39 is 5.97 Å². The normalized spacial score (nSPS) is 13.4. The highest BCUT2D eigenvalue weighted by Crippen LogP contribution is 2.39. The summed E-state index contributed by atoms with van der Waals surface area (Å²) in [4.78, 5) is 18.9. The van der Waals surface area contributed by atoms with E-state index in [0.29, 0.717) is 6.54 Å². The smallest absolute Gasteiger partial charge is 0.307 e. The van der Waals surface area contributed by atoms with Gasteiger partial charge in [0.2, 0.25) is 0 Å². The third kappa shape index (κ3) is 5.18. The minimum absolute atomic E-state index is 0.0781. The topological polar surface area (TPSA) is 53.4 Å². The lowest BCUT2D eigenvalue weighted by Gasteiger charge is -2.29. The van der Waals surface area contributed by atoms with E-state index in [1.165, 1.54) is 17.2 Å². The molecule has 1 aliphatic rings. The number of aliphatic carboxylic acids is 1. The Kier molecular flexibility index (Phi) is 6.90. The van der Waals surface area contributed by atoms with Gasteiger partial charge in [0.05, 0.1) is 6.42 Å². The predicted molar refractivity (Wildman–Crippen MR) is 145 cm³/mol. The Labute approximate surface area is 217 Å². The van der Waals surface area contributed by atoms with Crippen molar-refractivity contribution < 1.29 is 14.3 Å². The molecule has 0 spiro atoms. The Morgan fingerprint density at radius 2 is 1.65 bits per heavy atom. The fourth-order valence-corrected chi connectivity index (χ4v) is 5.42. The van der Waals surface area contributed by atoms with Gasteiger partial charge >= 0.3 is 5.97 Å². The van der Waals surface area contributed by atoms with Gasteiger partial charge in [-0.1, -0.05) is 66.2 Å². The molecule has 0 atom stereocenters. The number of carboxylic acid groups (broad SMARTS) is 1. The number of rotatable bonds is 6. The molecular weight excluding hydrogens is 463 g/mol. The van der Waals surface area contributed by atoms with Crippen molar-refractivity contribution in [1.29, 1.82) is 0 Å². The minimum Gasteiger partial charge on any atom is -0.481 e. The number of aryl methyl sites for hydroxylation is 3. The molecule has 3 aromatic carbocycles. The molecule has 0 unspecified atom stereocenters. The summed E-state index contributed by atoms with van der Waals surface area (Å²) < 4.78 is 14.2. The van der Waals surface area contributed by atoms with E-state index in [9.17, 15) is 14.3 Å². The van der Waals surface area contributed by atoms with Crippen molar-refractivity contribution in [2.75, 3.05) is 6.54 Å². The van der Waals surface area contributed by atoms with Crippen LogP contribution in [0.2, 0.25) is 0 Å². The van der Waals surface area contributed by atoms with E-state index in [4.69, 9.17) is 4.98 Å². The fraction of sp³-hybridized carbons (Fsp3) is 0.250. The van der Waals surface area contributed by atoms with Crippen LogP contribution in [-0.2, 0) is 30.7 Å². The Hall–Kier alpha value is -3.83. The third-order valence-electron chi connectivity index (χ3n) is 7.29. The van der Waals surface area contributed by atoms with Gasteiger partial charge in [0, 0.05) is 42.1 Å². The van der Waals surface area contributed by atoms with Crippen molar-refractivity contribution in [2.45, 2.75) is 46.7 Å². The highest BCUT2D eigenvalue weighted by atomic mass is 19.1. The van der Waals surface area contributed by atoms with E-state index in [0.717, 1.165) is 69.8 Å². The zero-order valence-corrected chi connectivity index (χ0v) is 21.5. The third-order valence-corrected chi connectivity index (χ3v) is 7.29. The van der Waals surface area contributed by atoms with Crippen molar-refractivity contribution in [3.63, 3.8) is 0 Å². The lowest BCUT2D eigenvalue weighted by Crippen LogP contribution is -2.30. The number of hydrogen-bond donors (Lipinski definition) is 1. The first-order valence-electron chi connectivity index (χ1n) is 12.7. The number of carboxylic acids is 1. The maximum absolute atomic E-state index is 14.2. The molecule has 37 heavy (non-hydrogen) atoms. The molecule has 188 valence electrons. The largest absolute Gasteiger partial charge is 0.481 e. The van der Waals surface area contributed by atoms with E-state index >= 15 is 0 Å². The maximum atomic E-state index is 14.2. The number of pyridine rings is 1. The predicted octanol–water partition coefficient (Wildman–Crippen LogP) is 6.67. The van der Waals surface area contributed by atoms with E-state index in [1.807, 2.05) is 32.9 Å². The molecule has 4 aromatic rings. The summed E-state index contributed by atoms with van der Waals surface area (Å²) in [5, 5.41) is 9.69. The summed E-state index contributed by atoms with van der Waals surface area (Å²) >= 11 is 0. The zero-order valence-electron chi connectivity index (χ0n) is 21.5. The minimum atomic E-state index is -0.867. The molecular formula is C32H31FN2O2. The highest BCUT2D eigenvalue weighted by molar-refractivity contribution is 5.90. The van der Waals surface area contributed by atoms with E-state index in [1.54, 1.807) is 6.07 Å². The van der Waals surface area contributed by atoms with Crippen LogP contribution in [0.15, 0.2) is 66.7 Å². The van der Waals surface area contributed by atoms with Crippen LogP contribution in [0.4, 0.5) is 4.39 Å². The first-order chi connectivity index (χ1) is 17.8. The lowest BCUT2D eigenvalue weighted by molar-refractivity contribution is -0.136. The van der Waals surface area contributed by atoms with Crippen LogP contribution in [0, 0.1) is 26.6 Å². The molecule has 0 radical (unpaired) electrons. The molecule has 0 fully saturated rings. The molecule has 5 heteroatoms. The molecule has 1 aromatic heterocycles. The molecule has 2 heterocycles. The molecule has 0 bridgehead atoms. The van der Waals surface area contributed by atoms with Crippen LogP contribution in [0.5, 0.6) is 0 Å². The molecule has 0 saturated carbocycles. The number of benzene rings is 3. The van der Waals surface area contributed by atoms with Gasteiger partial charge in [-0.25, -0.2) is 4.39 Å². The van der Waals surface area contributed by atoms with Crippen LogP contribution in [0.3, 0.4) is 0 Å². The van der Waals surface area contributed by atoms with Crippen LogP contribution in [-0.4, -0.2) is 27.5 Å². The van der Waals surface area contributed by atoms with Crippen molar-refractivity contribution >= 4 is 5.97 Å². The van der Waals surface area contributed by atoms with Crippen molar-refractivity contribution in [3.05, 3.63) is 112 Å². The quantitative estimate of drug-likeness (QED) is 0.325. The second-order valence-corrected chi connectivity index (χ2v) is 9.98. The van der Waals surface area contributed by atoms with Crippen LogP contribution in [0.25, 0.3) is 22.3 Å². The van der Waals surface area contributed by atoms with Gasteiger partial charge in [-0.15, -0.1) is 0 Å². The second-order valence-electron chi connectivity index (χ2n) is 9.98. The number of halogens is 1. The molecule has 0 aliphatic carbocycles. The zero-order chi connectivity index (χ0) is 26.1. The first-order valence-corrected chi connectivity index (χ1v) is 12.7. The van der Waals surface area contributed by atoms with Crippen LogP contribution >= 0.6 is 0 Å². The number of carbonyl (C=O) groups is 1. The number of fused-ring (bicyclic) bond motifs is 1. The number of nitrogens with zero attached hydrogens (tertiary/aromatic N) is 2. The molecule has 1 N–H and O–H groups in total. The van der Waals surface area contributed by atoms with Gasteiger partial charge < -0.3 is 5.11 Å². The average Bonchev–Trinajstić information content (AvgIpc) is 2.87. The van der Waals surface area contributed by atoms with Gasteiger partial charge in [-0.05, 0) is 66.6 Å². The molecule has 1 aliphatic heterocycles. The van der Waals surface area contributed by atoms with Crippen molar-refractivity contribution in [2.24, 2.45) is 0 Å². The summed E-state index contributed by atoms with van der Waals surface area (Å²) in [7, 11) is 0. The van der Waals surface area contributed by atoms with Gasteiger partial charge in [0.25, 0.3) is 0 Å². The van der Waals surface area contributed by atoms with Gasteiger partial charge in [-0.3, -0.25) is 14.7 Å². The fourth-order valence-electron chi connectivity index (χ4n) is 5.42. The maximum Gasteiger partial charge on any atom is 0.307 e. The Balaban J connectivity index is 1.55. The van der Waals surface area contributed by atoms with Gasteiger partial charge in [-0.2, -0.15) is 0 Å². The average molecular weight is 495 g/mol. The molecule has 5 rings (SSSR count). The van der Waals surface area contributed by atoms with E-state index in [2.05, 4.69) is 47.4 Å². The molecule has 4 nitrogen and oxygen atoms in total. The van der Waals surface area contributed by atoms with E-state index in [-0.39, 0.29) is 12.2 Å². The first kappa shape index (κ1) is 24.8. The summed E-state index contributed by atoms with van der Waals surface area (Å²) in [6.45, 7) is 8.15. The van der Waals surface area contributed by atoms with Gasteiger partial charge in [0.15, 0.2) is 0 Å². The summed E-state index contributed by atoms with van der Waals surface area (Å²) in [6, 6.07) is 21.7. The summed E-state index contributed by atoms with van der Waals surface area (Å²) in [5.74, 6) is -1.03. The van der Waals surface area contributed by atoms with Crippen LogP contribution in [0.1, 0.15) is 39.2 Å². The van der Waals surface area contributed by atoms with Crippen LogP contribution < -0.4 is 0 Å². The highest BCUT2D eigenvalue weighted by Gasteiger charge is 2.23. The summed E-state index contributed by atoms with van der Waals surface area (Å²) in [6.07, 6.45) is 0.795. The Bertz CT molecular complexity index is 1480.